The van der Waals surface area contributed by atoms with E-state index in [-0.39, 0.29) is 11.5 Å². The molecule has 1 aromatic carbocycles. The fourth-order valence-corrected chi connectivity index (χ4v) is 3.59. The first-order valence-corrected chi connectivity index (χ1v) is 8.82. The molecule has 1 unspecified atom stereocenters. The number of alkyl halides is 2. The maximum absolute atomic E-state index is 13.7. The molecule has 6 heteroatoms. The van der Waals surface area contributed by atoms with Crippen molar-refractivity contribution in [2.75, 3.05) is 20.1 Å². The minimum atomic E-state index is -2.58. The Morgan fingerprint density at radius 2 is 2.04 bits per heavy atom. The van der Waals surface area contributed by atoms with Crippen LogP contribution in [0.1, 0.15) is 67.6 Å². The van der Waals surface area contributed by atoms with E-state index in [4.69, 9.17) is 0 Å². The lowest BCUT2D eigenvalue weighted by Gasteiger charge is -2.30. The van der Waals surface area contributed by atoms with Crippen molar-refractivity contribution >= 4 is 12.3 Å². The second-order valence-corrected chi connectivity index (χ2v) is 6.73. The number of nitrogens with one attached hydrogen (secondary N) is 1. The van der Waals surface area contributed by atoms with Crippen molar-refractivity contribution in [2.45, 2.75) is 50.9 Å². The Balaban J connectivity index is 2.33. The van der Waals surface area contributed by atoms with Crippen LogP contribution in [-0.4, -0.2) is 37.4 Å². The van der Waals surface area contributed by atoms with Gasteiger partial charge < -0.3 is 4.90 Å². The quantitative estimate of drug-likeness (QED) is 0.763. The van der Waals surface area contributed by atoms with Crippen molar-refractivity contribution in [3.05, 3.63) is 34.9 Å². The van der Waals surface area contributed by atoms with Crippen LogP contribution >= 0.6 is 0 Å². The third kappa shape index (κ3) is 4.84. The van der Waals surface area contributed by atoms with E-state index in [1.165, 1.54) is 6.07 Å². The number of hydrogen-bond acceptors (Lipinski definition) is 3. The molecule has 2 amide bonds. The summed E-state index contributed by atoms with van der Waals surface area (Å²) < 4.78 is 27.3. The fraction of sp³-hybridized carbons (Fsp3) is 0.579. The van der Waals surface area contributed by atoms with Crippen molar-refractivity contribution in [3.8, 4) is 0 Å². The summed E-state index contributed by atoms with van der Waals surface area (Å²) in [6.45, 7) is 3.71. The van der Waals surface area contributed by atoms with Crippen LogP contribution in [0.25, 0.3) is 0 Å². The highest BCUT2D eigenvalue weighted by molar-refractivity contribution is 5.91. The molecule has 1 saturated heterocycles. The highest BCUT2D eigenvalue weighted by atomic mass is 19.3. The summed E-state index contributed by atoms with van der Waals surface area (Å²) in [6.07, 6.45) is 0.713. The van der Waals surface area contributed by atoms with Crippen LogP contribution in [0.15, 0.2) is 18.2 Å². The van der Waals surface area contributed by atoms with Crippen molar-refractivity contribution in [1.82, 2.24) is 10.2 Å². The molecule has 25 heavy (non-hydrogen) atoms. The predicted octanol–water partition coefficient (Wildman–Crippen LogP) is 3.59. The van der Waals surface area contributed by atoms with Gasteiger partial charge in [-0.05, 0) is 62.5 Å². The number of imide groups is 1. The molecule has 4 nitrogen and oxygen atoms in total. The van der Waals surface area contributed by atoms with Gasteiger partial charge in [0.15, 0.2) is 0 Å². The van der Waals surface area contributed by atoms with Gasteiger partial charge in [0.25, 0.3) is 6.43 Å². The number of likely N-dealkylation sites (tertiary alicyclic amines) is 1. The van der Waals surface area contributed by atoms with E-state index in [0.29, 0.717) is 24.0 Å². The van der Waals surface area contributed by atoms with E-state index >= 15 is 0 Å². The lowest BCUT2D eigenvalue weighted by Crippen LogP contribution is -2.30. The number of amides is 2. The number of benzene rings is 1. The van der Waals surface area contributed by atoms with Crippen molar-refractivity contribution in [1.29, 1.82) is 0 Å². The number of nitrogens with zero attached hydrogens (tertiary/aromatic N) is 1. The monoisotopic (exact) mass is 352 g/mol. The van der Waals surface area contributed by atoms with Crippen LogP contribution in [0, 0.1) is 0 Å². The number of carbonyl (C=O) groups excluding carboxylic acids is 2. The lowest BCUT2D eigenvalue weighted by atomic mass is 9.83. The largest absolute Gasteiger partial charge is 0.306 e. The van der Waals surface area contributed by atoms with Gasteiger partial charge in [0.2, 0.25) is 12.3 Å². The molecule has 1 aromatic rings. The van der Waals surface area contributed by atoms with E-state index in [2.05, 4.69) is 10.2 Å². The molecule has 138 valence electrons. The van der Waals surface area contributed by atoms with Gasteiger partial charge in [-0.15, -0.1) is 0 Å². The molecule has 1 atom stereocenters. The van der Waals surface area contributed by atoms with Gasteiger partial charge in [-0.3, -0.25) is 14.9 Å². The molecule has 0 bridgehead atoms. The Kier molecular flexibility index (Phi) is 7.05. The average Bonchev–Trinajstić information content (AvgIpc) is 2.60. The topological polar surface area (TPSA) is 49.4 Å². The minimum Gasteiger partial charge on any atom is -0.306 e. The normalized spacial score (nSPS) is 17.5. The third-order valence-corrected chi connectivity index (χ3v) is 5.00. The Morgan fingerprint density at radius 3 is 2.60 bits per heavy atom. The molecule has 1 heterocycles. The summed E-state index contributed by atoms with van der Waals surface area (Å²) in [5.74, 6) is -0.897. The van der Waals surface area contributed by atoms with E-state index in [0.717, 1.165) is 32.4 Å². The van der Waals surface area contributed by atoms with Gasteiger partial charge in [0.05, 0.1) is 5.92 Å². The zero-order valence-corrected chi connectivity index (χ0v) is 14.8. The SMILES string of the molecule is CCCC(C(=O)NC=O)c1ccc(C2CCN(C)CC2)c(C(F)F)c1. The van der Waals surface area contributed by atoms with Gasteiger partial charge in [-0.1, -0.05) is 25.5 Å². The molecule has 2 rings (SSSR count). The molecule has 0 spiro atoms. The third-order valence-electron chi connectivity index (χ3n) is 5.00. The zero-order valence-electron chi connectivity index (χ0n) is 14.8. The van der Waals surface area contributed by atoms with Crippen LogP contribution in [0.3, 0.4) is 0 Å². The van der Waals surface area contributed by atoms with Gasteiger partial charge in [-0.2, -0.15) is 0 Å². The van der Waals surface area contributed by atoms with Gasteiger partial charge in [-0.25, -0.2) is 8.78 Å². The number of piperidine rings is 1. The molecule has 0 aliphatic carbocycles. The van der Waals surface area contributed by atoms with Crippen LogP contribution < -0.4 is 5.32 Å². The van der Waals surface area contributed by atoms with Crippen molar-refractivity contribution in [2.24, 2.45) is 0 Å². The van der Waals surface area contributed by atoms with E-state index in [9.17, 15) is 18.4 Å². The zero-order chi connectivity index (χ0) is 18.4. The summed E-state index contributed by atoms with van der Waals surface area (Å²) in [4.78, 5) is 24.9. The van der Waals surface area contributed by atoms with Crippen LogP contribution in [0.4, 0.5) is 8.78 Å². The molecule has 0 aromatic heterocycles. The van der Waals surface area contributed by atoms with Crippen LogP contribution in [-0.2, 0) is 9.59 Å². The maximum Gasteiger partial charge on any atom is 0.264 e. The first-order valence-electron chi connectivity index (χ1n) is 8.82. The number of hydrogen-bond donors (Lipinski definition) is 1. The molecule has 1 aliphatic rings. The molecule has 0 radical (unpaired) electrons. The predicted molar refractivity (Wildman–Crippen MR) is 92.7 cm³/mol. The average molecular weight is 352 g/mol. The van der Waals surface area contributed by atoms with Gasteiger partial charge >= 0.3 is 0 Å². The van der Waals surface area contributed by atoms with E-state index in [1.807, 2.05) is 14.0 Å². The molecule has 1 aliphatic heterocycles. The lowest BCUT2D eigenvalue weighted by molar-refractivity contribution is -0.126. The summed E-state index contributed by atoms with van der Waals surface area (Å²) in [7, 11) is 2.04. The summed E-state index contributed by atoms with van der Waals surface area (Å²) in [5, 5.41) is 2.15. The number of carbonyl (C=O) groups is 2. The van der Waals surface area contributed by atoms with Crippen LogP contribution in [0.5, 0.6) is 0 Å². The maximum atomic E-state index is 13.7. The fourth-order valence-electron chi connectivity index (χ4n) is 3.59. The molecule has 1 fully saturated rings. The Labute approximate surface area is 147 Å². The number of rotatable bonds is 7. The smallest absolute Gasteiger partial charge is 0.264 e. The van der Waals surface area contributed by atoms with Crippen LogP contribution in [0.2, 0.25) is 0 Å². The molecular weight excluding hydrogens is 326 g/mol. The highest BCUT2D eigenvalue weighted by Gasteiger charge is 2.26. The van der Waals surface area contributed by atoms with E-state index < -0.39 is 18.3 Å². The number of halogens is 2. The van der Waals surface area contributed by atoms with E-state index in [1.54, 1.807) is 12.1 Å². The summed E-state index contributed by atoms with van der Waals surface area (Å²) in [6, 6.07) is 4.98. The summed E-state index contributed by atoms with van der Waals surface area (Å²) >= 11 is 0. The Bertz CT molecular complexity index is 599. The Hall–Kier alpha value is -1.82. The van der Waals surface area contributed by atoms with Crippen molar-refractivity contribution in [3.63, 3.8) is 0 Å². The highest BCUT2D eigenvalue weighted by Crippen LogP contribution is 2.36. The van der Waals surface area contributed by atoms with Gasteiger partial charge in [0, 0.05) is 5.56 Å². The first-order chi connectivity index (χ1) is 12.0. The Morgan fingerprint density at radius 1 is 1.36 bits per heavy atom. The first kappa shape index (κ1) is 19.5. The second-order valence-electron chi connectivity index (χ2n) is 6.73. The standard InChI is InChI=1S/C19H26F2N2O2/c1-3-4-16(19(25)22-12-24)14-5-6-15(17(11-14)18(20)21)13-7-9-23(2)10-8-13/h5-6,11-13,16,18H,3-4,7-10H2,1-2H3,(H,22,24,25). The second kappa shape index (κ2) is 9.04. The molecule has 0 saturated carbocycles. The van der Waals surface area contributed by atoms with Crippen molar-refractivity contribution < 1.29 is 18.4 Å². The minimum absolute atomic E-state index is 0.0204. The molecular formula is C19H26F2N2O2. The molecule has 1 N–H and O–H groups in total. The summed E-state index contributed by atoms with van der Waals surface area (Å²) in [5.41, 5.74) is 1.26. The van der Waals surface area contributed by atoms with Gasteiger partial charge in [0.1, 0.15) is 0 Å².